The van der Waals surface area contributed by atoms with Crippen LogP contribution in [-0.2, 0) is 19.0 Å². The number of hydrogen-bond donors (Lipinski definition) is 2. The summed E-state index contributed by atoms with van der Waals surface area (Å²) in [5.74, 6) is 0.0801. The van der Waals surface area contributed by atoms with Gasteiger partial charge in [-0.1, -0.05) is 39.3 Å². The highest BCUT2D eigenvalue weighted by atomic mass is 16.7. The lowest BCUT2D eigenvalue weighted by atomic mass is 9.53. The fraction of sp³-hybridized carbons (Fsp3) is 0.885. The first-order chi connectivity index (χ1) is 14.9. The van der Waals surface area contributed by atoms with Gasteiger partial charge >= 0.3 is 5.97 Å². The molecule has 10 unspecified atom stereocenters. The van der Waals surface area contributed by atoms with E-state index in [1.807, 2.05) is 6.92 Å². The maximum Gasteiger partial charge on any atom is 0.309 e. The van der Waals surface area contributed by atoms with Gasteiger partial charge < -0.3 is 24.4 Å². The molecule has 6 nitrogen and oxygen atoms in total. The molecule has 0 radical (unpaired) electrons. The Kier molecular flexibility index (Phi) is 7.81. The number of ether oxygens (including phenoxy) is 3. The van der Waals surface area contributed by atoms with Gasteiger partial charge in [0.1, 0.15) is 12.2 Å². The zero-order valence-electron chi connectivity index (χ0n) is 20.8. The second-order valence-corrected chi connectivity index (χ2v) is 11.2. The molecule has 0 bridgehead atoms. The van der Waals surface area contributed by atoms with Crippen LogP contribution in [0.3, 0.4) is 0 Å². The molecule has 3 fully saturated rings. The van der Waals surface area contributed by atoms with Gasteiger partial charge in [-0.2, -0.15) is 0 Å². The van der Waals surface area contributed by atoms with Gasteiger partial charge in [0.15, 0.2) is 12.4 Å². The van der Waals surface area contributed by atoms with Gasteiger partial charge in [0.2, 0.25) is 0 Å². The Labute approximate surface area is 193 Å². The van der Waals surface area contributed by atoms with Crippen molar-refractivity contribution >= 4 is 5.97 Å². The Morgan fingerprint density at radius 2 is 1.91 bits per heavy atom. The summed E-state index contributed by atoms with van der Waals surface area (Å²) in [6, 6.07) is 0. The first-order valence-electron chi connectivity index (χ1n) is 12.5. The lowest BCUT2D eigenvalue weighted by molar-refractivity contribution is -0.337. The highest BCUT2D eigenvalue weighted by molar-refractivity contribution is 5.72. The zero-order chi connectivity index (χ0) is 23.8. The summed E-state index contributed by atoms with van der Waals surface area (Å²) < 4.78 is 18.4. The summed E-state index contributed by atoms with van der Waals surface area (Å²) in [5.41, 5.74) is 0.927. The highest BCUT2D eigenvalue weighted by Crippen LogP contribution is 2.57. The Morgan fingerprint density at radius 3 is 2.53 bits per heavy atom. The van der Waals surface area contributed by atoms with Gasteiger partial charge in [0.05, 0.1) is 17.6 Å². The maximum absolute atomic E-state index is 12.6. The van der Waals surface area contributed by atoms with Crippen molar-refractivity contribution in [2.45, 2.75) is 123 Å². The molecule has 10 atom stereocenters. The average molecular weight is 453 g/mol. The molecular weight excluding hydrogens is 408 g/mol. The van der Waals surface area contributed by atoms with Crippen LogP contribution in [0.4, 0.5) is 0 Å². The first kappa shape index (κ1) is 25.7. The molecule has 2 aliphatic carbocycles. The van der Waals surface area contributed by atoms with E-state index >= 15 is 0 Å². The minimum absolute atomic E-state index is 0.181. The summed E-state index contributed by atoms with van der Waals surface area (Å²) >= 11 is 0. The topological polar surface area (TPSA) is 85.2 Å². The van der Waals surface area contributed by atoms with Crippen molar-refractivity contribution in [3.8, 4) is 0 Å². The van der Waals surface area contributed by atoms with E-state index in [2.05, 4.69) is 27.4 Å². The fourth-order valence-corrected chi connectivity index (χ4v) is 6.16. The molecule has 0 spiro atoms. The molecule has 1 aliphatic heterocycles. The highest BCUT2D eigenvalue weighted by Gasteiger charge is 2.55. The number of aliphatic hydroxyl groups is 2. The van der Waals surface area contributed by atoms with Crippen LogP contribution in [0.2, 0.25) is 0 Å². The van der Waals surface area contributed by atoms with Crippen LogP contribution in [0, 0.1) is 23.2 Å². The Morgan fingerprint density at radius 1 is 1.22 bits per heavy atom. The van der Waals surface area contributed by atoms with Crippen LogP contribution in [0.25, 0.3) is 0 Å². The number of aliphatic hydroxyl groups excluding tert-OH is 2. The van der Waals surface area contributed by atoms with Gasteiger partial charge in [0.25, 0.3) is 0 Å². The lowest BCUT2D eigenvalue weighted by Gasteiger charge is -2.57. The summed E-state index contributed by atoms with van der Waals surface area (Å²) in [6.07, 6.45) is 2.07. The van der Waals surface area contributed by atoms with Gasteiger partial charge in [-0.15, -0.1) is 0 Å². The zero-order valence-corrected chi connectivity index (χ0v) is 20.8. The summed E-state index contributed by atoms with van der Waals surface area (Å²) in [5, 5.41) is 21.2. The number of carbonyl (C=O) groups is 1. The third kappa shape index (κ3) is 4.94. The predicted octanol–water partition coefficient (Wildman–Crippen LogP) is 4.37. The molecule has 0 aromatic heterocycles. The van der Waals surface area contributed by atoms with E-state index in [1.54, 1.807) is 13.8 Å². The first-order valence-corrected chi connectivity index (χ1v) is 12.5. The molecule has 0 aromatic carbocycles. The third-order valence-electron chi connectivity index (χ3n) is 8.72. The molecule has 3 aliphatic rings. The van der Waals surface area contributed by atoms with Crippen LogP contribution < -0.4 is 0 Å². The second-order valence-electron chi connectivity index (χ2n) is 11.2. The molecular formula is C26H44O6. The van der Waals surface area contributed by atoms with E-state index in [0.717, 1.165) is 32.1 Å². The quantitative estimate of drug-likeness (QED) is 0.460. The van der Waals surface area contributed by atoms with Crippen molar-refractivity contribution in [3.05, 3.63) is 12.2 Å². The third-order valence-corrected chi connectivity index (χ3v) is 8.72. The molecule has 0 aromatic rings. The van der Waals surface area contributed by atoms with Crippen LogP contribution >= 0.6 is 0 Å². The maximum atomic E-state index is 12.6. The molecule has 32 heavy (non-hydrogen) atoms. The number of hydrogen-bond acceptors (Lipinski definition) is 6. The van der Waals surface area contributed by atoms with E-state index in [0.29, 0.717) is 18.3 Å². The van der Waals surface area contributed by atoms with E-state index in [4.69, 9.17) is 14.2 Å². The molecule has 0 amide bonds. The smallest absolute Gasteiger partial charge is 0.309 e. The van der Waals surface area contributed by atoms with Crippen molar-refractivity contribution in [2.24, 2.45) is 23.2 Å². The standard InChI is InChI=1S/C26H44O6/c1-8-16(4)23(29)31-22-21(28)20(27)17(5)30-24(22)32-26(7)12-9-11-25(6)13-10-18(15(2)3)14-19(25)26/h16-22,24,27-28H,2,8-14H2,1,3-7H3. The minimum Gasteiger partial charge on any atom is -0.454 e. The summed E-state index contributed by atoms with van der Waals surface area (Å²) in [4.78, 5) is 12.6. The normalized spacial score (nSPS) is 45.6. The Bertz CT molecular complexity index is 694. The van der Waals surface area contributed by atoms with E-state index in [-0.39, 0.29) is 11.3 Å². The molecule has 2 saturated carbocycles. The molecule has 3 rings (SSSR count). The van der Waals surface area contributed by atoms with Crippen molar-refractivity contribution in [1.29, 1.82) is 0 Å². The number of fused-ring (bicyclic) bond motifs is 1. The summed E-state index contributed by atoms with van der Waals surface area (Å²) in [7, 11) is 0. The monoisotopic (exact) mass is 452 g/mol. The Hall–Kier alpha value is -0.950. The van der Waals surface area contributed by atoms with Crippen molar-refractivity contribution in [3.63, 3.8) is 0 Å². The van der Waals surface area contributed by atoms with Gasteiger partial charge in [-0.25, -0.2) is 0 Å². The minimum atomic E-state index is -1.26. The average Bonchev–Trinajstić information content (AvgIpc) is 2.73. The summed E-state index contributed by atoms with van der Waals surface area (Å²) in [6.45, 7) is 16.3. The molecule has 1 saturated heterocycles. The number of allylic oxidation sites excluding steroid dienone is 1. The van der Waals surface area contributed by atoms with Gasteiger partial charge in [-0.3, -0.25) is 4.79 Å². The van der Waals surface area contributed by atoms with E-state index < -0.39 is 42.3 Å². The number of esters is 1. The predicted molar refractivity (Wildman–Crippen MR) is 123 cm³/mol. The van der Waals surface area contributed by atoms with Gasteiger partial charge in [0, 0.05) is 0 Å². The second kappa shape index (κ2) is 9.73. The Balaban J connectivity index is 1.86. The SMILES string of the molecule is C=C(C)C1CCC2(C)CCCC(C)(OC3OC(C)C(O)C(O)C3OC(=O)C(C)CC)C2C1. The van der Waals surface area contributed by atoms with E-state index in [1.165, 1.54) is 12.0 Å². The fourth-order valence-electron chi connectivity index (χ4n) is 6.16. The van der Waals surface area contributed by atoms with Crippen LogP contribution in [0.15, 0.2) is 12.2 Å². The van der Waals surface area contributed by atoms with Crippen LogP contribution in [0.5, 0.6) is 0 Å². The van der Waals surface area contributed by atoms with Gasteiger partial charge in [-0.05, 0) is 76.5 Å². The van der Waals surface area contributed by atoms with Crippen LogP contribution in [0.1, 0.15) is 86.5 Å². The molecule has 1 heterocycles. The molecule has 184 valence electrons. The molecule has 6 heteroatoms. The van der Waals surface area contributed by atoms with E-state index in [9.17, 15) is 15.0 Å². The molecule has 2 N–H and O–H groups in total. The largest absolute Gasteiger partial charge is 0.454 e. The number of carbonyl (C=O) groups excluding carboxylic acids is 1. The van der Waals surface area contributed by atoms with Crippen molar-refractivity contribution in [1.82, 2.24) is 0 Å². The van der Waals surface area contributed by atoms with Crippen molar-refractivity contribution < 1.29 is 29.2 Å². The lowest BCUT2D eigenvalue weighted by Crippen LogP contribution is -2.62. The van der Waals surface area contributed by atoms with Crippen LogP contribution in [-0.4, -0.2) is 52.5 Å². The van der Waals surface area contributed by atoms with Crippen molar-refractivity contribution in [2.75, 3.05) is 0 Å². The number of rotatable bonds is 6.